The normalized spacial score (nSPS) is 22.7. The van der Waals surface area contributed by atoms with Crippen LogP contribution >= 0.6 is 0 Å². The Labute approximate surface area is 180 Å². The lowest BCUT2D eigenvalue weighted by Gasteiger charge is -2.46. The topological polar surface area (TPSA) is 93.0 Å². The SMILES string of the molecule is CCC1C=CC(c2c[nH]c3nc(NC4CCC5(CC4)COC5)ncc23)=Nc2ccnn21. The van der Waals surface area contributed by atoms with Crippen LogP contribution in [0, 0.1) is 5.41 Å². The second-order valence-electron chi connectivity index (χ2n) is 9.04. The Hall–Kier alpha value is -3.00. The number of H-pyrrole nitrogens is 1. The highest BCUT2D eigenvalue weighted by Crippen LogP contribution is 2.42. The highest BCUT2D eigenvalue weighted by Gasteiger charge is 2.41. The fraction of sp³-hybridized carbons (Fsp3) is 0.478. The first-order valence-corrected chi connectivity index (χ1v) is 11.2. The van der Waals surface area contributed by atoms with Gasteiger partial charge in [0.15, 0.2) is 5.82 Å². The molecule has 1 atom stereocenters. The van der Waals surface area contributed by atoms with Gasteiger partial charge in [0.1, 0.15) is 5.65 Å². The predicted octanol–water partition coefficient (Wildman–Crippen LogP) is 4.17. The zero-order valence-electron chi connectivity index (χ0n) is 17.7. The van der Waals surface area contributed by atoms with E-state index in [1.807, 2.05) is 23.1 Å². The smallest absolute Gasteiger partial charge is 0.224 e. The third-order valence-corrected chi connectivity index (χ3v) is 7.00. The first-order chi connectivity index (χ1) is 15.2. The maximum Gasteiger partial charge on any atom is 0.224 e. The Morgan fingerprint density at radius 2 is 2.16 bits per heavy atom. The van der Waals surface area contributed by atoms with Crippen molar-refractivity contribution in [2.45, 2.75) is 51.1 Å². The third-order valence-electron chi connectivity index (χ3n) is 7.00. The van der Waals surface area contributed by atoms with Crippen molar-refractivity contribution in [2.24, 2.45) is 10.4 Å². The molecule has 5 heterocycles. The molecule has 8 nitrogen and oxygen atoms in total. The molecule has 1 spiro atoms. The van der Waals surface area contributed by atoms with Crippen LogP contribution in [-0.4, -0.2) is 49.7 Å². The fourth-order valence-corrected chi connectivity index (χ4v) is 4.98. The lowest BCUT2D eigenvalue weighted by Crippen LogP contribution is -2.47. The molecule has 3 aromatic rings. The number of aliphatic imine (C=N–C) groups is 1. The van der Waals surface area contributed by atoms with Crippen LogP contribution in [0.4, 0.5) is 11.8 Å². The quantitative estimate of drug-likeness (QED) is 0.665. The minimum atomic E-state index is 0.213. The molecule has 31 heavy (non-hydrogen) atoms. The Kier molecular flexibility index (Phi) is 4.41. The molecule has 3 aliphatic rings. The van der Waals surface area contributed by atoms with E-state index < -0.39 is 0 Å². The van der Waals surface area contributed by atoms with Gasteiger partial charge in [0.05, 0.1) is 31.2 Å². The highest BCUT2D eigenvalue weighted by atomic mass is 16.5. The van der Waals surface area contributed by atoms with Crippen LogP contribution in [0.1, 0.15) is 50.6 Å². The van der Waals surface area contributed by atoms with Crippen molar-refractivity contribution in [2.75, 3.05) is 18.5 Å². The van der Waals surface area contributed by atoms with E-state index in [2.05, 4.69) is 39.5 Å². The van der Waals surface area contributed by atoms with Gasteiger partial charge < -0.3 is 15.0 Å². The van der Waals surface area contributed by atoms with E-state index >= 15 is 0 Å². The first-order valence-electron chi connectivity index (χ1n) is 11.2. The summed E-state index contributed by atoms with van der Waals surface area (Å²) in [4.78, 5) is 17.5. The molecule has 1 saturated carbocycles. The number of allylic oxidation sites excluding steroid dienone is 2. The van der Waals surface area contributed by atoms with E-state index in [0.29, 0.717) is 17.4 Å². The zero-order chi connectivity index (χ0) is 20.8. The van der Waals surface area contributed by atoms with Crippen LogP contribution in [0.15, 0.2) is 41.8 Å². The van der Waals surface area contributed by atoms with Crippen LogP contribution in [-0.2, 0) is 4.74 Å². The second kappa shape index (κ2) is 7.30. The summed E-state index contributed by atoms with van der Waals surface area (Å²) >= 11 is 0. The average Bonchev–Trinajstić information content (AvgIpc) is 3.36. The van der Waals surface area contributed by atoms with Crippen molar-refractivity contribution in [3.63, 3.8) is 0 Å². The number of ether oxygens (including phenoxy) is 1. The van der Waals surface area contributed by atoms with E-state index in [9.17, 15) is 0 Å². The van der Waals surface area contributed by atoms with Crippen molar-refractivity contribution in [3.05, 3.63) is 42.4 Å². The monoisotopic (exact) mass is 417 g/mol. The molecule has 8 heteroatoms. The number of hydrogen-bond donors (Lipinski definition) is 2. The highest BCUT2D eigenvalue weighted by molar-refractivity contribution is 6.16. The molecular weight excluding hydrogens is 390 g/mol. The molecule has 0 radical (unpaired) electrons. The summed E-state index contributed by atoms with van der Waals surface area (Å²) in [6.07, 6.45) is 15.6. The zero-order valence-corrected chi connectivity index (χ0v) is 17.7. The van der Waals surface area contributed by atoms with E-state index in [0.717, 1.165) is 60.6 Å². The van der Waals surface area contributed by atoms with Gasteiger partial charge in [-0.25, -0.2) is 14.7 Å². The molecular formula is C23H27N7O. The Morgan fingerprint density at radius 1 is 1.29 bits per heavy atom. The van der Waals surface area contributed by atoms with Gasteiger partial charge in [0.2, 0.25) is 5.95 Å². The average molecular weight is 418 g/mol. The summed E-state index contributed by atoms with van der Waals surface area (Å²) in [5.74, 6) is 1.56. The molecule has 160 valence electrons. The van der Waals surface area contributed by atoms with Crippen molar-refractivity contribution in [3.8, 4) is 0 Å². The maximum absolute atomic E-state index is 5.44. The number of hydrogen-bond acceptors (Lipinski definition) is 6. The largest absolute Gasteiger partial charge is 0.380 e. The van der Waals surface area contributed by atoms with Gasteiger partial charge in [-0.3, -0.25) is 0 Å². The first kappa shape index (κ1) is 18.7. The molecule has 3 aromatic heterocycles. The number of nitrogens with zero attached hydrogens (tertiary/aromatic N) is 5. The van der Waals surface area contributed by atoms with Gasteiger partial charge in [-0.1, -0.05) is 13.0 Å². The number of aromatic nitrogens is 5. The molecule has 2 N–H and O–H groups in total. The van der Waals surface area contributed by atoms with Crippen LogP contribution in [0.25, 0.3) is 11.0 Å². The van der Waals surface area contributed by atoms with Crippen molar-refractivity contribution in [1.29, 1.82) is 0 Å². The lowest BCUT2D eigenvalue weighted by atomic mass is 9.71. The number of fused-ring (bicyclic) bond motifs is 2. The maximum atomic E-state index is 5.44. The summed E-state index contributed by atoms with van der Waals surface area (Å²) in [6.45, 7) is 4.03. The summed E-state index contributed by atoms with van der Waals surface area (Å²) < 4.78 is 7.41. The molecule has 0 aromatic carbocycles. The molecule has 6 rings (SSSR count). The van der Waals surface area contributed by atoms with Crippen molar-refractivity contribution < 1.29 is 4.74 Å². The molecule has 0 amide bonds. The fourth-order valence-electron chi connectivity index (χ4n) is 4.98. The molecule has 2 aliphatic heterocycles. The summed E-state index contributed by atoms with van der Waals surface area (Å²) in [7, 11) is 0. The standard InChI is InChI=1S/C23H27N7O/c1-2-16-3-4-19(28-20-7-10-26-30(16)20)17-11-24-21-18(17)12-25-22(29-21)27-15-5-8-23(9-6-15)13-31-14-23/h3-4,7,10-12,15-16H,2,5-6,8-9,13-14H2,1H3,(H2,24,25,27,29). The van der Waals surface area contributed by atoms with Gasteiger partial charge in [0, 0.05) is 40.9 Å². The van der Waals surface area contributed by atoms with E-state index in [1.54, 1.807) is 6.20 Å². The van der Waals surface area contributed by atoms with Crippen LogP contribution < -0.4 is 5.32 Å². The van der Waals surface area contributed by atoms with Crippen molar-refractivity contribution >= 4 is 28.5 Å². The molecule has 0 bridgehead atoms. The molecule has 1 unspecified atom stereocenters. The Morgan fingerprint density at radius 3 is 2.94 bits per heavy atom. The van der Waals surface area contributed by atoms with Crippen LogP contribution in [0.5, 0.6) is 0 Å². The van der Waals surface area contributed by atoms with E-state index in [1.165, 1.54) is 12.8 Å². The lowest BCUT2D eigenvalue weighted by molar-refractivity contribution is -0.131. The summed E-state index contributed by atoms with van der Waals surface area (Å²) in [5, 5.41) is 8.96. The summed E-state index contributed by atoms with van der Waals surface area (Å²) in [6, 6.07) is 2.59. The van der Waals surface area contributed by atoms with Gasteiger partial charge in [-0.05, 0) is 38.2 Å². The third kappa shape index (κ3) is 3.26. The van der Waals surface area contributed by atoms with Gasteiger partial charge in [0.25, 0.3) is 0 Å². The molecule has 2 fully saturated rings. The number of aromatic amines is 1. The number of anilines is 1. The Bertz CT molecular complexity index is 1160. The van der Waals surface area contributed by atoms with Gasteiger partial charge in [-0.2, -0.15) is 10.1 Å². The van der Waals surface area contributed by atoms with Gasteiger partial charge in [-0.15, -0.1) is 0 Å². The predicted molar refractivity (Wildman–Crippen MR) is 120 cm³/mol. The Balaban J connectivity index is 1.24. The van der Waals surface area contributed by atoms with Crippen molar-refractivity contribution in [1.82, 2.24) is 24.7 Å². The van der Waals surface area contributed by atoms with E-state index in [4.69, 9.17) is 14.7 Å². The summed E-state index contributed by atoms with van der Waals surface area (Å²) in [5.41, 5.74) is 3.18. The van der Waals surface area contributed by atoms with Crippen LogP contribution in [0.3, 0.4) is 0 Å². The van der Waals surface area contributed by atoms with Gasteiger partial charge >= 0.3 is 0 Å². The minimum Gasteiger partial charge on any atom is -0.380 e. The van der Waals surface area contributed by atoms with E-state index in [-0.39, 0.29) is 6.04 Å². The second-order valence-corrected chi connectivity index (χ2v) is 9.04. The molecule has 1 saturated heterocycles. The number of rotatable bonds is 4. The van der Waals surface area contributed by atoms with Crippen LogP contribution in [0.2, 0.25) is 0 Å². The molecule has 1 aliphatic carbocycles. The number of nitrogens with one attached hydrogen (secondary N) is 2. The minimum absolute atomic E-state index is 0.213.